The number of hydrazone groups is 1. The number of nitrogens with one attached hydrogen (secondary N) is 1. The van der Waals surface area contributed by atoms with Crippen LogP contribution < -0.4 is 5.43 Å². The Hall–Kier alpha value is -2.01. The molecule has 1 amide bonds. The quantitative estimate of drug-likeness (QED) is 0.675. The minimum atomic E-state index is -0.310. The maximum absolute atomic E-state index is 12.7. The van der Waals surface area contributed by atoms with Gasteiger partial charge in [-0.3, -0.25) is 4.79 Å². The molecular weight excluding hydrogens is 323 g/mol. The molecule has 0 heterocycles. The third-order valence-electron chi connectivity index (χ3n) is 2.68. The van der Waals surface area contributed by atoms with E-state index in [-0.39, 0.29) is 11.7 Å². The molecule has 2 rings (SSSR count). The van der Waals surface area contributed by atoms with Crippen LogP contribution >= 0.6 is 15.9 Å². The van der Waals surface area contributed by atoms with Gasteiger partial charge in [0.05, 0.1) is 6.21 Å². The van der Waals surface area contributed by atoms with Gasteiger partial charge in [-0.2, -0.15) is 5.10 Å². The van der Waals surface area contributed by atoms with Crippen molar-refractivity contribution in [2.24, 2.45) is 5.10 Å². The van der Waals surface area contributed by atoms with Gasteiger partial charge >= 0.3 is 0 Å². The van der Waals surface area contributed by atoms with Gasteiger partial charge in [-0.05, 0) is 42.3 Å². The third kappa shape index (κ3) is 3.74. The minimum absolute atomic E-state index is 0.302. The Morgan fingerprint density at radius 1 is 1.25 bits per heavy atom. The molecule has 0 saturated heterocycles. The summed E-state index contributed by atoms with van der Waals surface area (Å²) in [5, 5.41) is 3.84. The molecule has 5 heteroatoms. The van der Waals surface area contributed by atoms with Gasteiger partial charge in [0.25, 0.3) is 5.91 Å². The van der Waals surface area contributed by atoms with Crippen molar-refractivity contribution in [2.45, 2.75) is 6.92 Å². The second-order valence-electron chi connectivity index (χ2n) is 4.21. The molecule has 0 atom stereocenters. The summed E-state index contributed by atoms with van der Waals surface area (Å²) in [4.78, 5) is 11.8. The van der Waals surface area contributed by atoms with E-state index in [0.717, 1.165) is 10.0 Å². The lowest BCUT2D eigenvalue weighted by Crippen LogP contribution is -2.17. The number of nitrogens with zero attached hydrogens (tertiary/aromatic N) is 1. The fraction of sp³-hybridized carbons (Fsp3) is 0.0667. The Morgan fingerprint density at radius 2 is 1.95 bits per heavy atom. The van der Waals surface area contributed by atoms with Crippen LogP contribution in [0.25, 0.3) is 0 Å². The average Bonchev–Trinajstić information content (AvgIpc) is 2.44. The number of rotatable bonds is 3. The first-order valence-electron chi connectivity index (χ1n) is 5.91. The summed E-state index contributed by atoms with van der Waals surface area (Å²) in [6.45, 7) is 1.94. The summed E-state index contributed by atoms with van der Waals surface area (Å²) in [7, 11) is 0. The van der Waals surface area contributed by atoms with Gasteiger partial charge in [0.1, 0.15) is 5.82 Å². The first-order valence-corrected chi connectivity index (χ1v) is 6.70. The molecule has 3 nitrogen and oxygen atoms in total. The molecule has 102 valence electrons. The highest BCUT2D eigenvalue weighted by molar-refractivity contribution is 9.10. The Bertz CT molecular complexity index is 653. The molecular formula is C15H12BrFN2O. The van der Waals surface area contributed by atoms with Gasteiger partial charge in [0.2, 0.25) is 0 Å². The molecule has 0 bridgehead atoms. The van der Waals surface area contributed by atoms with E-state index in [4.69, 9.17) is 0 Å². The van der Waals surface area contributed by atoms with Crippen molar-refractivity contribution < 1.29 is 9.18 Å². The highest BCUT2D eigenvalue weighted by atomic mass is 79.9. The van der Waals surface area contributed by atoms with E-state index in [9.17, 15) is 9.18 Å². The Kier molecular flexibility index (Phi) is 4.63. The zero-order valence-corrected chi connectivity index (χ0v) is 12.3. The SMILES string of the molecule is Cc1ccc(C(=O)NN=Cc2ccc(F)cc2)cc1Br. The molecule has 0 unspecified atom stereocenters. The number of hydrogen-bond acceptors (Lipinski definition) is 2. The zero-order chi connectivity index (χ0) is 14.5. The number of aryl methyl sites for hydroxylation is 1. The largest absolute Gasteiger partial charge is 0.271 e. The number of carbonyl (C=O) groups excluding carboxylic acids is 1. The molecule has 0 fully saturated rings. The smallest absolute Gasteiger partial charge is 0.267 e. The summed E-state index contributed by atoms with van der Waals surface area (Å²) in [6.07, 6.45) is 1.46. The Balaban J connectivity index is 2.01. The van der Waals surface area contributed by atoms with E-state index in [2.05, 4.69) is 26.5 Å². The molecule has 0 aromatic heterocycles. The van der Waals surface area contributed by atoms with Crippen molar-refractivity contribution in [1.82, 2.24) is 5.43 Å². The van der Waals surface area contributed by atoms with E-state index < -0.39 is 0 Å². The van der Waals surface area contributed by atoms with Crippen LogP contribution in [0.1, 0.15) is 21.5 Å². The number of hydrogen-bond donors (Lipinski definition) is 1. The van der Waals surface area contributed by atoms with Gasteiger partial charge in [-0.15, -0.1) is 0 Å². The maximum atomic E-state index is 12.7. The first-order chi connectivity index (χ1) is 9.56. The molecule has 1 N–H and O–H groups in total. The van der Waals surface area contributed by atoms with Crippen LogP contribution in [0.2, 0.25) is 0 Å². The van der Waals surface area contributed by atoms with Crippen molar-refractivity contribution >= 4 is 28.1 Å². The van der Waals surface area contributed by atoms with Crippen molar-refractivity contribution in [3.63, 3.8) is 0 Å². The van der Waals surface area contributed by atoms with Crippen LogP contribution in [0.4, 0.5) is 4.39 Å². The molecule has 0 aliphatic heterocycles. The topological polar surface area (TPSA) is 41.5 Å². The zero-order valence-electron chi connectivity index (χ0n) is 10.7. The van der Waals surface area contributed by atoms with Crippen LogP contribution in [0, 0.1) is 12.7 Å². The lowest BCUT2D eigenvalue weighted by Gasteiger charge is -2.02. The normalized spacial score (nSPS) is 10.8. The van der Waals surface area contributed by atoms with Gasteiger partial charge in [-0.1, -0.05) is 34.1 Å². The van der Waals surface area contributed by atoms with Crippen LogP contribution in [-0.4, -0.2) is 12.1 Å². The van der Waals surface area contributed by atoms with Crippen LogP contribution in [0.5, 0.6) is 0 Å². The Morgan fingerprint density at radius 3 is 2.60 bits per heavy atom. The lowest BCUT2D eigenvalue weighted by atomic mass is 10.1. The molecule has 0 radical (unpaired) electrons. The van der Waals surface area contributed by atoms with Crippen LogP contribution in [-0.2, 0) is 0 Å². The molecule has 0 saturated carbocycles. The molecule has 0 aliphatic rings. The van der Waals surface area contributed by atoms with E-state index in [1.165, 1.54) is 18.3 Å². The summed E-state index contributed by atoms with van der Waals surface area (Å²) in [6, 6.07) is 11.1. The number of amides is 1. The maximum Gasteiger partial charge on any atom is 0.271 e. The summed E-state index contributed by atoms with van der Waals surface area (Å²) in [5.74, 6) is -0.611. The number of carbonyl (C=O) groups is 1. The van der Waals surface area contributed by atoms with Crippen molar-refractivity contribution in [3.8, 4) is 0 Å². The summed E-state index contributed by atoms with van der Waals surface area (Å²) in [5.41, 5.74) is 4.69. The minimum Gasteiger partial charge on any atom is -0.267 e. The van der Waals surface area contributed by atoms with Crippen molar-refractivity contribution in [1.29, 1.82) is 0 Å². The third-order valence-corrected chi connectivity index (χ3v) is 3.54. The van der Waals surface area contributed by atoms with E-state index in [0.29, 0.717) is 11.1 Å². The molecule has 2 aromatic carbocycles. The lowest BCUT2D eigenvalue weighted by molar-refractivity contribution is 0.0955. The number of benzene rings is 2. The molecule has 0 spiro atoms. The second-order valence-corrected chi connectivity index (χ2v) is 5.07. The first kappa shape index (κ1) is 14.4. The summed E-state index contributed by atoms with van der Waals surface area (Å²) < 4.78 is 13.6. The molecule has 0 aliphatic carbocycles. The summed E-state index contributed by atoms with van der Waals surface area (Å²) >= 11 is 3.37. The Labute approximate surface area is 124 Å². The molecule has 20 heavy (non-hydrogen) atoms. The van der Waals surface area contributed by atoms with E-state index in [1.807, 2.05) is 13.0 Å². The van der Waals surface area contributed by atoms with E-state index >= 15 is 0 Å². The molecule has 2 aromatic rings. The fourth-order valence-corrected chi connectivity index (χ4v) is 1.89. The van der Waals surface area contributed by atoms with Crippen LogP contribution in [0.15, 0.2) is 52.0 Å². The van der Waals surface area contributed by atoms with Gasteiger partial charge in [0.15, 0.2) is 0 Å². The number of halogens is 2. The second kappa shape index (κ2) is 6.43. The van der Waals surface area contributed by atoms with Crippen molar-refractivity contribution in [2.75, 3.05) is 0 Å². The monoisotopic (exact) mass is 334 g/mol. The van der Waals surface area contributed by atoms with Gasteiger partial charge in [0, 0.05) is 10.0 Å². The fourth-order valence-electron chi connectivity index (χ4n) is 1.51. The van der Waals surface area contributed by atoms with Crippen LogP contribution in [0.3, 0.4) is 0 Å². The average molecular weight is 335 g/mol. The highest BCUT2D eigenvalue weighted by Crippen LogP contribution is 2.17. The predicted molar refractivity (Wildman–Crippen MR) is 80.3 cm³/mol. The standard InChI is InChI=1S/C15H12BrFN2O/c1-10-2-5-12(8-14(10)16)15(20)19-18-9-11-3-6-13(17)7-4-11/h2-9H,1H3,(H,19,20). The van der Waals surface area contributed by atoms with E-state index in [1.54, 1.807) is 24.3 Å². The van der Waals surface area contributed by atoms with Crippen molar-refractivity contribution in [3.05, 3.63) is 69.4 Å². The highest BCUT2D eigenvalue weighted by Gasteiger charge is 2.05. The predicted octanol–water partition coefficient (Wildman–Crippen LogP) is 3.66. The van der Waals surface area contributed by atoms with Gasteiger partial charge < -0.3 is 0 Å². The van der Waals surface area contributed by atoms with Gasteiger partial charge in [-0.25, -0.2) is 9.82 Å².